The Hall–Kier alpha value is -2.43. The van der Waals surface area contributed by atoms with Gasteiger partial charge in [-0.1, -0.05) is 36.8 Å². The molecule has 1 aromatic heterocycles. The van der Waals surface area contributed by atoms with Crippen molar-refractivity contribution in [3.05, 3.63) is 68.0 Å². The molecule has 0 unspecified atom stereocenters. The second-order valence-corrected chi connectivity index (χ2v) is 4.68. The first-order valence-electron chi connectivity index (χ1n) is 6.43. The summed E-state index contributed by atoms with van der Waals surface area (Å²) in [6.07, 6.45) is 1.96. The summed E-state index contributed by atoms with van der Waals surface area (Å²) in [7, 11) is 0. The van der Waals surface area contributed by atoms with E-state index < -0.39 is 11.2 Å². The van der Waals surface area contributed by atoms with E-state index in [1.807, 2.05) is 26.0 Å². The first-order valence-corrected chi connectivity index (χ1v) is 6.43. The number of carbonyl (C=O) groups excluding carboxylic acids is 1. The predicted octanol–water partition coefficient (Wildman–Crippen LogP) is 1.29. The summed E-state index contributed by atoms with van der Waals surface area (Å²) in [5, 5.41) is 0. The Bertz CT molecular complexity index is 739. The number of nitrogens with one attached hydrogen (secondary N) is 1. The first kappa shape index (κ1) is 14.0. The van der Waals surface area contributed by atoms with Crippen LogP contribution in [0.3, 0.4) is 0 Å². The molecule has 0 amide bonds. The average Bonchev–Trinajstić information content (AvgIpc) is 2.42. The fourth-order valence-corrected chi connectivity index (χ4v) is 1.91. The second-order valence-electron chi connectivity index (χ2n) is 4.68. The van der Waals surface area contributed by atoms with Crippen LogP contribution in [-0.4, -0.2) is 15.3 Å². The molecule has 0 aliphatic heterocycles. The Morgan fingerprint density at radius 1 is 1.20 bits per heavy atom. The van der Waals surface area contributed by atoms with Crippen LogP contribution in [0.2, 0.25) is 0 Å². The van der Waals surface area contributed by atoms with Gasteiger partial charge in [-0.25, -0.2) is 4.79 Å². The molecular formula is C15H16N2O3. The number of carbonyl (C=O) groups is 1. The Morgan fingerprint density at radius 3 is 2.45 bits per heavy atom. The van der Waals surface area contributed by atoms with Crippen LogP contribution in [0.25, 0.3) is 0 Å². The van der Waals surface area contributed by atoms with Crippen molar-refractivity contribution in [2.24, 2.45) is 0 Å². The number of Topliss-reactive ketones (excluding diaryl/α,β-unsaturated/α-hetero) is 1. The molecule has 5 nitrogen and oxygen atoms in total. The van der Waals surface area contributed by atoms with E-state index in [0.29, 0.717) is 17.5 Å². The van der Waals surface area contributed by atoms with Crippen molar-refractivity contribution in [2.45, 2.75) is 26.8 Å². The largest absolute Gasteiger partial charge is 0.328 e. The third-order valence-electron chi connectivity index (χ3n) is 3.15. The van der Waals surface area contributed by atoms with Gasteiger partial charge < -0.3 is 0 Å². The van der Waals surface area contributed by atoms with Gasteiger partial charge in [0, 0.05) is 17.3 Å². The van der Waals surface area contributed by atoms with Gasteiger partial charge in [0.2, 0.25) is 0 Å². The number of aryl methyl sites for hydroxylation is 2. The van der Waals surface area contributed by atoms with Gasteiger partial charge in [0.25, 0.3) is 5.56 Å². The molecule has 0 aliphatic carbocycles. The van der Waals surface area contributed by atoms with Crippen molar-refractivity contribution in [3.8, 4) is 0 Å². The molecule has 5 heteroatoms. The van der Waals surface area contributed by atoms with E-state index in [4.69, 9.17) is 0 Å². The lowest BCUT2D eigenvalue weighted by Gasteiger charge is -2.06. The van der Waals surface area contributed by atoms with Crippen molar-refractivity contribution >= 4 is 5.78 Å². The van der Waals surface area contributed by atoms with Crippen LogP contribution in [0.15, 0.2) is 40.1 Å². The molecule has 2 rings (SSSR count). The molecule has 1 heterocycles. The fourth-order valence-electron chi connectivity index (χ4n) is 1.91. The van der Waals surface area contributed by atoms with E-state index in [-0.39, 0.29) is 12.3 Å². The summed E-state index contributed by atoms with van der Waals surface area (Å²) in [5.41, 5.74) is 1.15. The lowest BCUT2D eigenvalue weighted by atomic mass is 10.1. The molecule has 0 saturated heterocycles. The minimum absolute atomic E-state index is 0.0777. The number of benzene rings is 1. The lowest BCUT2D eigenvalue weighted by molar-refractivity contribution is 0.0970. The van der Waals surface area contributed by atoms with E-state index in [2.05, 4.69) is 4.98 Å². The van der Waals surface area contributed by atoms with Crippen LogP contribution in [0.4, 0.5) is 0 Å². The molecule has 20 heavy (non-hydrogen) atoms. The number of ketones is 1. The van der Waals surface area contributed by atoms with Gasteiger partial charge in [0.05, 0.1) is 6.54 Å². The molecule has 0 radical (unpaired) electrons. The molecule has 1 N–H and O–H groups in total. The van der Waals surface area contributed by atoms with E-state index >= 15 is 0 Å². The molecule has 2 aromatic rings. The third kappa shape index (κ3) is 2.93. The summed E-state index contributed by atoms with van der Waals surface area (Å²) < 4.78 is 1.24. The van der Waals surface area contributed by atoms with Crippen LogP contribution >= 0.6 is 0 Å². The van der Waals surface area contributed by atoms with Crippen molar-refractivity contribution in [1.29, 1.82) is 0 Å². The zero-order valence-electron chi connectivity index (χ0n) is 11.5. The third-order valence-corrected chi connectivity index (χ3v) is 3.15. The number of nitrogens with zero attached hydrogens (tertiary/aromatic N) is 1. The highest BCUT2D eigenvalue weighted by atomic mass is 16.2. The van der Waals surface area contributed by atoms with Gasteiger partial charge in [-0.15, -0.1) is 0 Å². The van der Waals surface area contributed by atoms with Crippen molar-refractivity contribution < 1.29 is 4.79 Å². The zero-order valence-corrected chi connectivity index (χ0v) is 11.5. The molecule has 0 saturated carbocycles. The molecule has 104 valence electrons. The molecule has 0 fully saturated rings. The zero-order chi connectivity index (χ0) is 14.7. The SMILES string of the molecule is CCc1cn(CC(=O)c2ccc(C)cc2)c(=O)[nH]c1=O. The normalized spacial score (nSPS) is 10.5. The summed E-state index contributed by atoms with van der Waals surface area (Å²) in [6, 6.07) is 7.16. The predicted molar refractivity (Wildman–Crippen MR) is 76.2 cm³/mol. The minimum atomic E-state index is -0.562. The lowest BCUT2D eigenvalue weighted by Crippen LogP contribution is -2.33. The maximum atomic E-state index is 12.1. The van der Waals surface area contributed by atoms with E-state index in [1.54, 1.807) is 12.1 Å². The number of hydrogen-bond donors (Lipinski definition) is 1. The summed E-state index contributed by atoms with van der Waals surface area (Å²) >= 11 is 0. The van der Waals surface area contributed by atoms with E-state index in [1.165, 1.54) is 10.8 Å². The van der Waals surface area contributed by atoms with Gasteiger partial charge >= 0.3 is 5.69 Å². The maximum Gasteiger partial charge on any atom is 0.328 e. The topological polar surface area (TPSA) is 71.9 Å². The standard InChI is InChI=1S/C15H16N2O3/c1-3-11-8-17(15(20)16-14(11)19)9-13(18)12-6-4-10(2)5-7-12/h4-8H,3,9H2,1-2H3,(H,16,19,20). The molecule has 0 aliphatic rings. The van der Waals surface area contributed by atoms with E-state index in [0.717, 1.165) is 5.56 Å². The van der Waals surface area contributed by atoms with Gasteiger partial charge in [-0.05, 0) is 13.3 Å². The highest BCUT2D eigenvalue weighted by Gasteiger charge is 2.09. The first-order chi connectivity index (χ1) is 9.51. The number of H-pyrrole nitrogens is 1. The quantitative estimate of drug-likeness (QED) is 0.852. The second kappa shape index (κ2) is 5.69. The number of hydrogen-bond acceptors (Lipinski definition) is 3. The molecule has 0 atom stereocenters. The van der Waals surface area contributed by atoms with Crippen LogP contribution in [-0.2, 0) is 13.0 Å². The van der Waals surface area contributed by atoms with Crippen molar-refractivity contribution in [3.63, 3.8) is 0 Å². The molecule has 0 bridgehead atoms. The van der Waals surface area contributed by atoms with Gasteiger partial charge in [-0.3, -0.25) is 19.1 Å². The van der Waals surface area contributed by atoms with Gasteiger partial charge in [0.1, 0.15) is 0 Å². The Labute approximate surface area is 115 Å². The van der Waals surface area contributed by atoms with Gasteiger partial charge in [0.15, 0.2) is 5.78 Å². The average molecular weight is 272 g/mol. The van der Waals surface area contributed by atoms with E-state index in [9.17, 15) is 14.4 Å². The fraction of sp³-hybridized carbons (Fsp3) is 0.267. The van der Waals surface area contributed by atoms with Gasteiger partial charge in [-0.2, -0.15) is 0 Å². The Kier molecular flexibility index (Phi) is 3.98. The minimum Gasteiger partial charge on any atom is -0.293 e. The summed E-state index contributed by atoms with van der Waals surface area (Å²) in [6.45, 7) is 3.68. The number of rotatable bonds is 4. The van der Waals surface area contributed by atoms with Crippen LogP contribution < -0.4 is 11.2 Å². The highest BCUT2D eigenvalue weighted by Crippen LogP contribution is 2.05. The van der Waals surface area contributed by atoms with Crippen LogP contribution in [0.5, 0.6) is 0 Å². The Balaban J connectivity index is 2.30. The van der Waals surface area contributed by atoms with Crippen molar-refractivity contribution in [2.75, 3.05) is 0 Å². The molecule has 1 aromatic carbocycles. The highest BCUT2D eigenvalue weighted by molar-refractivity contribution is 5.95. The summed E-state index contributed by atoms with van der Waals surface area (Å²) in [4.78, 5) is 37.5. The monoisotopic (exact) mass is 272 g/mol. The number of aromatic amines is 1. The molecule has 0 spiro atoms. The molecular weight excluding hydrogens is 256 g/mol. The van der Waals surface area contributed by atoms with Crippen molar-refractivity contribution in [1.82, 2.24) is 9.55 Å². The number of aromatic nitrogens is 2. The maximum absolute atomic E-state index is 12.1. The smallest absolute Gasteiger partial charge is 0.293 e. The van der Waals surface area contributed by atoms with Crippen LogP contribution in [0.1, 0.15) is 28.4 Å². The summed E-state index contributed by atoms with van der Waals surface area (Å²) in [5.74, 6) is -0.166. The Morgan fingerprint density at radius 2 is 1.85 bits per heavy atom. The van der Waals surface area contributed by atoms with Crippen LogP contribution in [0, 0.1) is 6.92 Å².